The van der Waals surface area contributed by atoms with Gasteiger partial charge < -0.3 is 4.74 Å². The number of ether oxygens (including phenoxy) is 1. The van der Waals surface area contributed by atoms with E-state index in [-0.39, 0.29) is 0 Å². The van der Waals surface area contributed by atoms with Crippen LogP contribution in [0, 0.1) is 11.8 Å². The van der Waals surface area contributed by atoms with Crippen molar-refractivity contribution >= 4 is 0 Å². The number of rotatable bonds is 12. The fraction of sp³-hybridized carbons (Fsp3) is 0.607. The number of hydrogen-bond donors (Lipinski definition) is 0. The highest BCUT2D eigenvalue weighted by Gasteiger charge is 2.20. The second-order valence-electron chi connectivity index (χ2n) is 9.20. The Labute approximate surface area is 184 Å². The third-order valence-electron chi connectivity index (χ3n) is 6.76. The van der Waals surface area contributed by atoms with Gasteiger partial charge in [0.1, 0.15) is 5.75 Å². The molecule has 1 saturated carbocycles. The van der Waals surface area contributed by atoms with Gasteiger partial charge in [-0.2, -0.15) is 0 Å². The number of aromatic nitrogens is 1. The van der Waals surface area contributed by atoms with E-state index < -0.39 is 0 Å². The summed E-state index contributed by atoms with van der Waals surface area (Å²) < 4.78 is 5.81. The maximum absolute atomic E-state index is 5.81. The maximum atomic E-state index is 5.81. The number of pyridine rings is 1. The lowest BCUT2D eigenvalue weighted by Gasteiger charge is -2.28. The first kappa shape index (κ1) is 22.8. The SMILES string of the molecule is CCCCCCOc1ccc(-c2ccc(CCC3CCC(CCC)CC3)cc2)nc1. The number of aryl methyl sites for hydroxylation is 1. The molecule has 3 rings (SSSR count). The van der Waals surface area contributed by atoms with E-state index in [1.54, 1.807) is 0 Å². The first-order valence-corrected chi connectivity index (χ1v) is 12.5. The fourth-order valence-electron chi connectivity index (χ4n) is 4.79. The van der Waals surface area contributed by atoms with Crippen molar-refractivity contribution in [1.82, 2.24) is 4.98 Å². The van der Waals surface area contributed by atoms with Gasteiger partial charge in [0.05, 0.1) is 18.5 Å². The lowest BCUT2D eigenvalue weighted by Crippen LogP contribution is -2.15. The number of hydrogen-bond acceptors (Lipinski definition) is 2. The summed E-state index contributed by atoms with van der Waals surface area (Å²) in [6, 6.07) is 13.1. The lowest BCUT2D eigenvalue weighted by atomic mass is 9.78. The Bertz CT molecular complexity index is 698. The van der Waals surface area contributed by atoms with Gasteiger partial charge in [-0.05, 0) is 48.8 Å². The van der Waals surface area contributed by atoms with Gasteiger partial charge in [0.25, 0.3) is 0 Å². The fourth-order valence-corrected chi connectivity index (χ4v) is 4.79. The number of unbranched alkanes of at least 4 members (excludes halogenated alkanes) is 3. The van der Waals surface area contributed by atoms with Gasteiger partial charge in [-0.15, -0.1) is 0 Å². The molecule has 1 aromatic heterocycles. The van der Waals surface area contributed by atoms with Gasteiger partial charge in [-0.3, -0.25) is 4.98 Å². The molecule has 2 aromatic rings. The van der Waals surface area contributed by atoms with Gasteiger partial charge in [-0.25, -0.2) is 0 Å². The summed E-state index contributed by atoms with van der Waals surface area (Å²) in [5.74, 6) is 2.82. The molecule has 0 atom stereocenters. The van der Waals surface area contributed by atoms with E-state index in [9.17, 15) is 0 Å². The summed E-state index contributed by atoms with van der Waals surface area (Å²) in [7, 11) is 0. The molecule has 1 aliphatic carbocycles. The normalized spacial score (nSPS) is 19.0. The zero-order chi connectivity index (χ0) is 21.0. The molecule has 1 heterocycles. The highest BCUT2D eigenvalue weighted by atomic mass is 16.5. The smallest absolute Gasteiger partial charge is 0.137 e. The summed E-state index contributed by atoms with van der Waals surface area (Å²) >= 11 is 0. The van der Waals surface area contributed by atoms with Crippen LogP contribution in [-0.2, 0) is 6.42 Å². The van der Waals surface area contributed by atoms with Gasteiger partial charge in [0, 0.05) is 5.56 Å². The second-order valence-corrected chi connectivity index (χ2v) is 9.20. The van der Waals surface area contributed by atoms with Crippen molar-refractivity contribution in [2.75, 3.05) is 6.61 Å². The van der Waals surface area contributed by atoms with Gasteiger partial charge in [0.15, 0.2) is 0 Å². The minimum absolute atomic E-state index is 0.788. The Balaban J connectivity index is 1.42. The van der Waals surface area contributed by atoms with Crippen molar-refractivity contribution in [1.29, 1.82) is 0 Å². The zero-order valence-corrected chi connectivity index (χ0v) is 19.2. The summed E-state index contributed by atoms with van der Waals surface area (Å²) in [5.41, 5.74) is 3.67. The minimum Gasteiger partial charge on any atom is -0.492 e. The zero-order valence-electron chi connectivity index (χ0n) is 19.2. The molecule has 0 bridgehead atoms. The Morgan fingerprint density at radius 2 is 1.53 bits per heavy atom. The van der Waals surface area contributed by atoms with Crippen LogP contribution in [-0.4, -0.2) is 11.6 Å². The summed E-state index contributed by atoms with van der Waals surface area (Å²) in [6.07, 6.45) is 17.9. The molecule has 2 nitrogen and oxygen atoms in total. The van der Waals surface area contributed by atoms with Crippen LogP contribution < -0.4 is 4.74 Å². The Kier molecular flexibility index (Phi) is 9.73. The monoisotopic (exact) mass is 407 g/mol. The van der Waals surface area contributed by atoms with Crippen molar-refractivity contribution in [2.45, 2.75) is 90.9 Å². The molecule has 0 spiro atoms. The van der Waals surface area contributed by atoms with Crippen LogP contribution in [0.25, 0.3) is 11.3 Å². The predicted molar refractivity (Wildman–Crippen MR) is 128 cm³/mol. The van der Waals surface area contributed by atoms with Crippen molar-refractivity contribution < 1.29 is 4.74 Å². The van der Waals surface area contributed by atoms with Gasteiger partial charge in [-0.1, -0.05) is 95.9 Å². The van der Waals surface area contributed by atoms with E-state index in [2.05, 4.69) is 49.2 Å². The molecule has 1 fully saturated rings. The Morgan fingerprint density at radius 1 is 0.800 bits per heavy atom. The first-order chi connectivity index (χ1) is 14.8. The standard InChI is InChI=1S/C28H41NO/c1-3-5-6-7-21-30-27-19-20-28(29-22-27)26-17-15-25(16-18-26)14-13-24-11-9-23(8-4-2)10-12-24/h15-20,22-24H,3-14,21H2,1-2H3. The van der Waals surface area contributed by atoms with Gasteiger partial charge >= 0.3 is 0 Å². The Hall–Kier alpha value is -1.83. The van der Waals surface area contributed by atoms with E-state index in [4.69, 9.17) is 4.74 Å². The summed E-state index contributed by atoms with van der Waals surface area (Å²) in [6.45, 7) is 5.34. The molecule has 0 amide bonds. The molecule has 2 heteroatoms. The quantitative estimate of drug-likeness (QED) is 0.330. The van der Waals surface area contributed by atoms with Crippen molar-refractivity contribution in [3.63, 3.8) is 0 Å². The average Bonchev–Trinajstić information content (AvgIpc) is 2.79. The lowest BCUT2D eigenvalue weighted by molar-refractivity contribution is 0.252. The number of benzene rings is 1. The molecule has 1 aliphatic rings. The van der Waals surface area contributed by atoms with Crippen molar-refractivity contribution in [2.24, 2.45) is 11.8 Å². The van der Waals surface area contributed by atoms with Gasteiger partial charge in [0.2, 0.25) is 0 Å². The maximum Gasteiger partial charge on any atom is 0.137 e. The highest BCUT2D eigenvalue weighted by molar-refractivity contribution is 5.59. The number of nitrogens with zero attached hydrogens (tertiary/aromatic N) is 1. The van der Waals surface area contributed by atoms with Crippen LogP contribution in [0.15, 0.2) is 42.6 Å². The molecule has 0 aliphatic heterocycles. The first-order valence-electron chi connectivity index (χ1n) is 12.5. The molecule has 0 radical (unpaired) electrons. The van der Waals surface area contributed by atoms with E-state index in [0.717, 1.165) is 36.3 Å². The largest absolute Gasteiger partial charge is 0.492 e. The van der Waals surface area contributed by atoms with Crippen LogP contribution in [0.5, 0.6) is 5.75 Å². The molecule has 164 valence electrons. The van der Waals surface area contributed by atoms with Crippen LogP contribution in [0.4, 0.5) is 0 Å². The average molecular weight is 408 g/mol. The van der Waals surface area contributed by atoms with Crippen LogP contribution in [0.1, 0.15) is 90.0 Å². The van der Waals surface area contributed by atoms with E-state index in [1.165, 1.54) is 81.8 Å². The summed E-state index contributed by atoms with van der Waals surface area (Å²) in [5, 5.41) is 0. The molecule has 1 aromatic carbocycles. The highest BCUT2D eigenvalue weighted by Crippen LogP contribution is 2.34. The third-order valence-corrected chi connectivity index (χ3v) is 6.76. The van der Waals surface area contributed by atoms with E-state index in [0.29, 0.717) is 0 Å². The van der Waals surface area contributed by atoms with Crippen LogP contribution in [0.2, 0.25) is 0 Å². The molecular formula is C28H41NO. The van der Waals surface area contributed by atoms with Crippen LogP contribution >= 0.6 is 0 Å². The van der Waals surface area contributed by atoms with E-state index >= 15 is 0 Å². The van der Waals surface area contributed by atoms with Crippen molar-refractivity contribution in [3.8, 4) is 17.0 Å². The third kappa shape index (κ3) is 7.45. The predicted octanol–water partition coefficient (Wildman–Crippen LogP) is 8.25. The van der Waals surface area contributed by atoms with E-state index in [1.807, 2.05) is 12.3 Å². The second kappa shape index (κ2) is 12.8. The summed E-state index contributed by atoms with van der Waals surface area (Å²) in [4.78, 5) is 4.61. The molecule has 0 unspecified atom stereocenters. The Morgan fingerprint density at radius 3 is 2.17 bits per heavy atom. The molecular weight excluding hydrogens is 366 g/mol. The molecule has 0 N–H and O–H groups in total. The van der Waals surface area contributed by atoms with Crippen molar-refractivity contribution in [3.05, 3.63) is 48.2 Å². The molecule has 0 saturated heterocycles. The molecule has 30 heavy (non-hydrogen) atoms. The minimum atomic E-state index is 0.788. The topological polar surface area (TPSA) is 22.1 Å². The van der Waals surface area contributed by atoms with Crippen LogP contribution in [0.3, 0.4) is 0 Å².